The maximum absolute atomic E-state index is 10.1. The van der Waals surface area contributed by atoms with Crippen LogP contribution in [0.3, 0.4) is 0 Å². The molecule has 0 spiro atoms. The minimum absolute atomic E-state index is 0.0203. The van der Waals surface area contributed by atoms with Gasteiger partial charge in [-0.05, 0) is 18.2 Å². The molecule has 4 aromatic rings. The Kier molecular flexibility index (Phi) is 2.06. The Morgan fingerprint density at radius 2 is 2.00 bits per heavy atom. The number of aromatic hydroxyl groups is 1. The minimum atomic E-state index is 0.0203. The number of rotatable bonds is 0. The highest BCUT2D eigenvalue weighted by molar-refractivity contribution is 6.07. The first-order valence-corrected chi connectivity index (χ1v) is 6.09. The van der Waals surface area contributed by atoms with Gasteiger partial charge in [0.25, 0.3) is 0 Å². The number of aromatic nitrogens is 2. The molecule has 5 heteroatoms. The third-order valence-electron chi connectivity index (χ3n) is 3.27. The van der Waals surface area contributed by atoms with E-state index in [1.807, 2.05) is 6.07 Å². The number of nitrogens with one attached hydrogen (secondary N) is 1. The normalized spacial score (nSPS) is 11.4. The molecule has 0 fully saturated rings. The molecule has 2 N–H and O–H groups in total. The average molecular weight is 263 g/mol. The van der Waals surface area contributed by atoms with Crippen LogP contribution in [0.25, 0.3) is 33.1 Å². The number of phenolic OH excluding ortho intramolecular Hbond substituents is 1. The molecule has 0 saturated heterocycles. The zero-order chi connectivity index (χ0) is 13.7. The molecule has 0 saturated carbocycles. The fraction of sp³-hybridized carbons (Fsp3) is 0. The van der Waals surface area contributed by atoms with Crippen LogP contribution in [0.1, 0.15) is 0 Å². The SMILES string of the molecule is N=c1cccc2c1c(O)cc1oc3cccnc3nc12. The Hall–Kier alpha value is -2.95. The molecule has 0 amide bonds. The first-order valence-electron chi connectivity index (χ1n) is 6.09. The van der Waals surface area contributed by atoms with Gasteiger partial charge in [0, 0.05) is 17.6 Å². The summed E-state index contributed by atoms with van der Waals surface area (Å²) in [6.07, 6.45) is 1.65. The number of hydrogen-bond donors (Lipinski definition) is 2. The van der Waals surface area contributed by atoms with Crippen molar-refractivity contribution >= 4 is 33.1 Å². The second kappa shape index (κ2) is 3.77. The molecular formula is C15H9N3O2. The Morgan fingerprint density at radius 3 is 2.90 bits per heavy atom. The zero-order valence-corrected chi connectivity index (χ0v) is 10.3. The number of phenols is 1. The highest BCUT2D eigenvalue weighted by Crippen LogP contribution is 2.30. The maximum Gasteiger partial charge on any atom is 0.196 e. The van der Waals surface area contributed by atoms with Crippen molar-refractivity contribution in [3.05, 3.63) is 48.0 Å². The summed E-state index contributed by atoms with van der Waals surface area (Å²) in [5, 5.41) is 19.4. The summed E-state index contributed by atoms with van der Waals surface area (Å²) in [7, 11) is 0. The van der Waals surface area contributed by atoms with Gasteiger partial charge in [-0.2, -0.15) is 0 Å². The molecule has 0 radical (unpaired) electrons. The number of hydrogen-bond acceptors (Lipinski definition) is 5. The molecule has 0 atom stereocenters. The first-order chi connectivity index (χ1) is 9.74. The van der Waals surface area contributed by atoms with Crippen LogP contribution in [0.2, 0.25) is 0 Å². The van der Waals surface area contributed by atoms with Crippen molar-refractivity contribution in [2.75, 3.05) is 0 Å². The van der Waals surface area contributed by atoms with Crippen molar-refractivity contribution in [3.8, 4) is 5.75 Å². The van der Waals surface area contributed by atoms with Gasteiger partial charge in [0.15, 0.2) is 16.8 Å². The van der Waals surface area contributed by atoms with Gasteiger partial charge in [-0.15, -0.1) is 0 Å². The summed E-state index contributed by atoms with van der Waals surface area (Å²) < 4.78 is 5.73. The topological polar surface area (TPSA) is 83.0 Å². The minimum Gasteiger partial charge on any atom is -0.507 e. The van der Waals surface area contributed by atoms with Crippen LogP contribution >= 0.6 is 0 Å². The van der Waals surface area contributed by atoms with E-state index in [2.05, 4.69) is 9.97 Å². The van der Waals surface area contributed by atoms with E-state index < -0.39 is 0 Å². The molecule has 20 heavy (non-hydrogen) atoms. The fourth-order valence-corrected chi connectivity index (χ4v) is 2.39. The van der Waals surface area contributed by atoms with Gasteiger partial charge in [0.05, 0.1) is 10.7 Å². The van der Waals surface area contributed by atoms with Crippen LogP contribution in [-0.2, 0) is 0 Å². The predicted molar refractivity (Wildman–Crippen MR) is 74.3 cm³/mol. The van der Waals surface area contributed by atoms with E-state index in [1.54, 1.807) is 30.5 Å². The van der Waals surface area contributed by atoms with Gasteiger partial charge in [-0.1, -0.05) is 12.1 Å². The van der Waals surface area contributed by atoms with Crippen LogP contribution in [0.15, 0.2) is 47.0 Å². The number of nitrogens with zero attached hydrogens (tertiary/aromatic N) is 2. The highest BCUT2D eigenvalue weighted by atomic mass is 16.3. The lowest BCUT2D eigenvalue weighted by atomic mass is 10.1. The summed E-state index contributed by atoms with van der Waals surface area (Å²) in [6, 6.07) is 10.2. The maximum atomic E-state index is 10.1. The summed E-state index contributed by atoms with van der Waals surface area (Å²) >= 11 is 0. The van der Waals surface area contributed by atoms with E-state index in [0.29, 0.717) is 33.1 Å². The zero-order valence-electron chi connectivity index (χ0n) is 10.3. The van der Waals surface area contributed by atoms with E-state index in [9.17, 15) is 5.11 Å². The lowest BCUT2D eigenvalue weighted by Crippen LogP contribution is -2.00. The van der Waals surface area contributed by atoms with Crippen molar-refractivity contribution < 1.29 is 9.52 Å². The van der Waals surface area contributed by atoms with Crippen LogP contribution in [0.4, 0.5) is 0 Å². The Balaban J connectivity index is 2.32. The third-order valence-corrected chi connectivity index (χ3v) is 3.27. The van der Waals surface area contributed by atoms with E-state index in [1.165, 1.54) is 6.07 Å². The van der Waals surface area contributed by atoms with Gasteiger partial charge in [0.1, 0.15) is 11.3 Å². The van der Waals surface area contributed by atoms with E-state index in [-0.39, 0.29) is 11.1 Å². The predicted octanol–water partition coefficient (Wildman–Crippen LogP) is 2.71. The van der Waals surface area contributed by atoms with Gasteiger partial charge < -0.3 is 14.9 Å². The molecule has 2 aromatic carbocycles. The molecule has 0 aliphatic heterocycles. The number of benzene rings is 2. The summed E-state index contributed by atoms with van der Waals surface area (Å²) in [6.45, 7) is 0. The Morgan fingerprint density at radius 1 is 1.10 bits per heavy atom. The fourth-order valence-electron chi connectivity index (χ4n) is 2.39. The molecule has 5 nitrogen and oxygen atoms in total. The van der Waals surface area contributed by atoms with Gasteiger partial charge in [-0.25, -0.2) is 9.97 Å². The summed E-state index contributed by atoms with van der Waals surface area (Å²) in [4.78, 5) is 8.66. The van der Waals surface area contributed by atoms with Crippen molar-refractivity contribution in [1.29, 1.82) is 5.41 Å². The molecule has 0 aliphatic carbocycles. The molecule has 2 aromatic heterocycles. The lowest BCUT2D eigenvalue weighted by Gasteiger charge is -2.06. The number of fused-ring (bicyclic) bond motifs is 4. The molecule has 0 unspecified atom stereocenters. The third kappa shape index (κ3) is 1.40. The molecule has 96 valence electrons. The summed E-state index contributed by atoms with van der Waals surface area (Å²) in [5.74, 6) is 0.0203. The van der Waals surface area contributed by atoms with Crippen molar-refractivity contribution in [1.82, 2.24) is 9.97 Å². The van der Waals surface area contributed by atoms with Gasteiger partial charge in [-0.3, -0.25) is 0 Å². The second-order valence-corrected chi connectivity index (χ2v) is 4.51. The largest absolute Gasteiger partial charge is 0.507 e. The quantitative estimate of drug-likeness (QED) is 0.377. The standard InChI is InChI=1S/C15H9N3O2/c16-9-4-1-3-8-13(9)10(19)7-12-14(8)18-15-11(20-12)5-2-6-17-15/h1-7,16,19H. The Labute approximate surface area is 112 Å². The van der Waals surface area contributed by atoms with Crippen molar-refractivity contribution in [2.45, 2.75) is 0 Å². The van der Waals surface area contributed by atoms with Gasteiger partial charge in [0.2, 0.25) is 0 Å². The number of pyridine rings is 1. The highest BCUT2D eigenvalue weighted by Gasteiger charge is 2.11. The van der Waals surface area contributed by atoms with Crippen LogP contribution in [-0.4, -0.2) is 15.1 Å². The average Bonchev–Trinajstić information content (AvgIpc) is 2.45. The summed E-state index contributed by atoms with van der Waals surface area (Å²) in [5.41, 5.74) is 2.13. The van der Waals surface area contributed by atoms with Crippen LogP contribution < -0.4 is 5.36 Å². The van der Waals surface area contributed by atoms with E-state index >= 15 is 0 Å². The van der Waals surface area contributed by atoms with Gasteiger partial charge >= 0.3 is 0 Å². The van der Waals surface area contributed by atoms with E-state index in [4.69, 9.17) is 9.83 Å². The first kappa shape index (κ1) is 10.9. The van der Waals surface area contributed by atoms with Crippen LogP contribution in [0.5, 0.6) is 5.75 Å². The smallest absolute Gasteiger partial charge is 0.196 e. The van der Waals surface area contributed by atoms with E-state index in [0.717, 1.165) is 0 Å². The second-order valence-electron chi connectivity index (χ2n) is 4.51. The monoisotopic (exact) mass is 263 g/mol. The molecule has 4 rings (SSSR count). The lowest BCUT2D eigenvalue weighted by molar-refractivity contribution is 0.480. The molecular weight excluding hydrogens is 254 g/mol. The molecule has 0 aliphatic rings. The van der Waals surface area contributed by atoms with Crippen molar-refractivity contribution in [3.63, 3.8) is 0 Å². The van der Waals surface area contributed by atoms with Crippen molar-refractivity contribution in [2.24, 2.45) is 0 Å². The van der Waals surface area contributed by atoms with Crippen LogP contribution in [0, 0.1) is 5.41 Å². The molecule has 0 bridgehead atoms. The molecule has 2 heterocycles. The Bertz CT molecular complexity index is 1040.